The second kappa shape index (κ2) is 7.15. The maximum atomic E-state index is 12.7. The van der Waals surface area contributed by atoms with Crippen LogP contribution in [0.3, 0.4) is 0 Å². The number of rotatable bonds is 4. The number of aromatic nitrogens is 2. The molecule has 160 valence electrons. The Bertz CT molecular complexity index is 822. The van der Waals surface area contributed by atoms with Gasteiger partial charge in [0.1, 0.15) is 11.4 Å². The standard InChI is InChI=1S/C21H33N5O3/c1-19(2,3)14-13-15(26(24-14)20(4,5)6)22-16(27)9-12-25-17(28)21(23-18(25)29)10-7-8-11-21/h13H,7-12H2,1-6H3,(H,22,27)(H,23,29). The molecular weight excluding hydrogens is 370 g/mol. The molecule has 3 rings (SSSR count). The predicted molar refractivity (Wildman–Crippen MR) is 111 cm³/mol. The summed E-state index contributed by atoms with van der Waals surface area (Å²) in [6, 6.07) is 1.50. The molecule has 4 amide bonds. The first-order valence-electron chi connectivity index (χ1n) is 10.4. The third-order valence-electron chi connectivity index (χ3n) is 5.65. The molecule has 1 aromatic rings. The molecule has 0 aromatic carbocycles. The van der Waals surface area contributed by atoms with Gasteiger partial charge in [-0.1, -0.05) is 33.6 Å². The second-order valence-electron chi connectivity index (χ2n) is 10.2. The molecule has 0 unspecified atom stereocenters. The van der Waals surface area contributed by atoms with E-state index in [0.717, 1.165) is 18.5 Å². The minimum atomic E-state index is -0.736. The zero-order valence-corrected chi connectivity index (χ0v) is 18.4. The maximum Gasteiger partial charge on any atom is 0.325 e. The third-order valence-corrected chi connectivity index (χ3v) is 5.65. The van der Waals surface area contributed by atoms with E-state index in [2.05, 4.69) is 36.5 Å². The lowest BCUT2D eigenvalue weighted by molar-refractivity contribution is -0.131. The molecule has 8 nitrogen and oxygen atoms in total. The van der Waals surface area contributed by atoms with Gasteiger partial charge in [0.2, 0.25) is 5.91 Å². The van der Waals surface area contributed by atoms with E-state index in [-0.39, 0.29) is 41.8 Å². The number of imide groups is 1. The van der Waals surface area contributed by atoms with Crippen molar-refractivity contribution in [3.8, 4) is 0 Å². The normalized spacial score (nSPS) is 19.2. The van der Waals surface area contributed by atoms with E-state index in [1.165, 1.54) is 4.90 Å². The average molecular weight is 404 g/mol. The molecule has 8 heteroatoms. The number of hydrogen-bond acceptors (Lipinski definition) is 4. The van der Waals surface area contributed by atoms with Gasteiger partial charge in [-0.2, -0.15) is 5.10 Å². The van der Waals surface area contributed by atoms with Crippen LogP contribution in [0.25, 0.3) is 0 Å². The first-order valence-corrected chi connectivity index (χ1v) is 10.4. The average Bonchev–Trinajstić information content (AvgIpc) is 3.26. The number of anilines is 1. The highest BCUT2D eigenvalue weighted by Crippen LogP contribution is 2.35. The lowest BCUT2D eigenvalue weighted by Gasteiger charge is -2.23. The molecule has 2 fully saturated rings. The summed E-state index contributed by atoms with van der Waals surface area (Å²) >= 11 is 0. The van der Waals surface area contributed by atoms with Crippen molar-refractivity contribution in [3.05, 3.63) is 11.8 Å². The molecule has 1 aromatic heterocycles. The summed E-state index contributed by atoms with van der Waals surface area (Å²) in [7, 11) is 0. The number of hydrogen-bond donors (Lipinski definition) is 2. The van der Waals surface area contributed by atoms with Gasteiger partial charge >= 0.3 is 6.03 Å². The summed E-state index contributed by atoms with van der Waals surface area (Å²) in [5, 5.41) is 10.4. The summed E-state index contributed by atoms with van der Waals surface area (Å²) < 4.78 is 1.81. The number of nitrogens with zero attached hydrogens (tertiary/aromatic N) is 3. The monoisotopic (exact) mass is 403 g/mol. The summed E-state index contributed by atoms with van der Waals surface area (Å²) in [5.41, 5.74) is -0.294. The van der Waals surface area contributed by atoms with Gasteiger partial charge < -0.3 is 10.6 Å². The van der Waals surface area contributed by atoms with Crippen LogP contribution in [0, 0.1) is 0 Å². The van der Waals surface area contributed by atoms with E-state index in [0.29, 0.717) is 18.7 Å². The summed E-state index contributed by atoms with van der Waals surface area (Å²) in [6.45, 7) is 12.4. The zero-order valence-electron chi connectivity index (χ0n) is 18.4. The van der Waals surface area contributed by atoms with Crippen LogP contribution in [0.4, 0.5) is 10.6 Å². The molecule has 2 aliphatic rings. The van der Waals surface area contributed by atoms with Gasteiger partial charge in [-0.15, -0.1) is 0 Å². The Morgan fingerprint density at radius 1 is 1.17 bits per heavy atom. The summed E-state index contributed by atoms with van der Waals surface area (Å²) in [4.78, 5) is 38.8. The highest BCUT2D eigenvalue weighted by molar-refractivity contribution is 6.07. The largest absolute Gasteiger partial charge is 0.325 e. The molecular formula is C21H33N5O3. The fraction of sp³-hybridized carbons (Fsp3) is 0.714. The van der Waals surface area contributed by atoms with E-state index in [1.54, 1.807) is 0 Å². The topological polar surface area (TPSA) is 96.3 Å². The van der Waals surface area contributed by atoms with Gasteiger partial charge in [0.15, 0.2) is 0 Å². The highest BCUT2D eigenvalue weighted by atomic mass is 16.2. The van der Waals surface area contributed by atoms with Gasteiger partial charge in [0, 0.05) is 24.4 Å². The van der Waals surface area contributed by atoms with E-state index in [1.807, 2.05) is 31.5 Å². The Morgan fingerprint density at radius 3 is 2.34 bits per heavy atom. The van der Waals surface area contributed by atoms with Crippen molar-refractivity contribution < 1.29 is 14.4 Å². The van der Waals surface area contributed by atoms with E-state index >= 15 is 0 Å². The molecule has 1 aliphatic heterocycles. The highest BCUT2D eigenvalue weighted by Gasteiger charge is 2.52. The van der Waals surface area contributed by atoms with Crippen LogP contribution >= 0.6 is 0 Å². The second-order valence-corrected chi connectivity index (χ2v) is 10.2. The minimum Gasteiger partial charge on any atom is -0.323 e. The molecule has 1 aliphatic carbocycles. The molecule has 0 atom stereocenters. The number of carbonyl (C=O) groups excluding carboxylic acids is 3. The van der Waals surface area contributed by atoms with Crippen LogP contribution in [0.2, 0.25) is 0 Å². The molecule has 1 saturated heterocycles. The number of carbonyl (C=O) groups is 3. The van der Waals surface area contributed by atoms with Gasteiger partial charge in [-0.3, -0.25) is 14.5 Å². The fourth-order valence-electron chi connectivity index (χ4n) is 3.96. The van der Waals surface area contributed by atoms with Crippen molar-refractivity contribution in [2.45, 2.75) is 90.1 Å². The van der Waals surface area contributed by atoms with E-state index < -0.39 is 5.54 Å². The Morgan fingerprint density at radius 2 is 1.79 bits per heavy atom. The third kappa shape index (κ3) is 4.16. The molecule has 29 heavy (non-hydrogen) atoms. The number of amides is 4. The molecule has 2 N–H and O–H groups in total. The Hall–Kier alpha value is -2.38. The Labute approximate surface area is 172 Å². The molecule has 1 saturated carbocycles. The Balaban J connectivity index is 1.68. The molecule has 1 spiro atoms. The first-order chi connectivity index (χ1) is 13.3. The van der Waals surface area contributed by atoms with Crippen LogP contribution < -0.4 is 10.6 Å². The summed E-state index contributed by atoms with van der Waals surface area (Å²) in [5.74, 6) is 0.184. The zero-order chi connectivity index (χ0) is 21.6. The SMILES string of the molecule is CC(C)(C)c1cc(NC(=O)CCN2C(=O)NC3(CCCC3)C2=O)n(C(C)(C)C)n1. The minimum absolute atomic E-state index is 0.0510. The van der Waals surface area contributed by atoms with E-state index in [4.69, 9.17) is 0 Å². The van der Waals surface area contributed by atoms with Crippen LogP contribution in [-0.4, -0.2) is 44.6 Å². The van der Waals surface area contributed by atoms with Crippen molar-refractivity contribution in [1.82, 2.24) is 20.0 Å². The lowest BCUT2D eigenvalue weighted by Crippen LogP contribution is -2.44. The fourth-order valence-corrected chi connectivity index (χ4v) is 3.96. The molecule has 2 heterocycles. The van der Waals surface area contributed by atoms with Crippen molar-refractivity contribution in [2.75, 3.05) is 11.9 Å². The maximum absolute atomic E-state index is 12.7. The van der Waals surface area contributed by atoms with Crippen molar-refractivity contribution in [1.29, 1.82) is 0 Å². The number of nitrogens with one attached hydrogen (secondary N) is 2. The summed E-state index contributed by atoms with van der Waals surface area (Å²) in [6.07, 6.45) is 3.29. The molecule has 0 bridgehead atoms. The predicted octanol–water partition coefficient (Wildman–Crippen LogP) is 3.13. The van der Waals surface area contributed by atoms with Gasteiger partial charge in [0.25, 0.3) is 5.91 Å². The lowest BCUT2D eigenvalue weighted by atomic mass is 9.92. The van der Waals surface area contributed by atoms with Crippen molar-refractivity contribution in [2.24, 2.45) is 0 Å². The van der Waals surface area contributed by atoms with Crippen molar-refractivity contribution in [3.63, 3.8) is 0 Å². The van der Waals surface area contributed by atoms with Crippen LogP contribution in [-0.2, 0) is 20.5 Å². The first kappa shape index (κ1) is 21.3. The van der Waals surface area contributed by atoms with Crippen LogP contribution in [0.1, 0.15) is 79.3 Å². The molecule has 0 radical (unpaired) electrons. The van der Waals surface area contributed by atoms with E-state index in [9.17, 15) is 14.4 Å². The van der Waals surface area contributed by atoms with Crippen LogP contribution in [0.5, 0.6) is 0 Å². The smallest absolute Gasteiger partial charge is 0.323 e. The van der Waals surface area contributed by atoms with Gasteiger partial charge in [-0.25, -0.2) is 9.48 Å². The number of urea groups is 1. The van der Waals surface area contributed by atoms with Gasteiger partial charge in [-0.05, 0) is 33.6 Å². The van der Waals surface area contributed by atoms with Crippen LogP contribution in [0.15, 0.2) is 6.07 Å². The van der Waals surface area contributed by atoms with Crippen molar-refractivity contribution >= 4 is 23.7 Å². The quantitative estimate of drug-likeness (QED) is 0.755. The Kier molecular flexibility index (Phi) is 5.26. The van der Waals surface area contributed by atoms with Gasteiger partial charge in [0.05, 0.1) is 11.2 Å².